The minimum atomic E-state index is -0.488. The molecule has 3 aliphatic carbocycles. The third kappa shape index (κ3) is 3.04. The van der Waals surface area contributed by atoms with Crippen molar-refractivity contribution in [1.29, 1.82) is 0 Å². The number of fused-ring (bicyclic) bond motifs is 4. The van der Waals surface area contributed by atoms with Crippen molar-refractivity contribution < 1.29 is 19.1 Å². The van der Waals surface area contributed by atoms with Crippen LogP contribution in [-0.2, 0) is 19.1 Å². The molecule has 0 saturated heterocycles. The van der Waals surface area contributed by atoms with Crippen molar-refractivity contribution in [3.63, 3.8) is 0 Å². The molecule has 4 heteroatoms. The number of rotatable bonds is 5. The SMILES string of the molecule is CC(=O)O[C@H]1C[C@@H](/C(C)=C\CC=C(C)C)[C@H]2[C@@H]3[C@H](C)CC[C@]3(OC(C)=O)[C@]21C. The van der Waals surface area contributed by atoms with Crippen molar-refractivity contribution in [2.45, 2.75) is 85.9 Å². The van der Waals surface area contributed by atoms with Crippen LogP contribution in [0.1, 0.15) is 74.1 Å². The van der Waals surface area contributed by atoms with E-state index in [9.17, 15) is 9.59 Å². The molecule has 7 atom stereocenters. The van der Waals surface area contributed by atoms with Gasteiger partial charge in [-0.15, -0.1) is 0 Å². The monoisotopic (exact) mass is 388 g/mol. The third-order valence-electron chi connectivity index (χ3n) is 7.87. The molecule has 0 aromatic heterocycles. The van der Waals surface area contributed by atoms with E-state index < -0.39 is 5.60 Å². The lowest BCUT2D eigenvalue weighted by Gasteiger charge is -2.65. The molecule has 156 valence electrons. The molecule has 0 heterocycles. The highest BCUT2D eigenvalue weighted by atomic mass is 16.6. The Balaban J connectivity index is 1.98. The first-order valence-electron chi connectivity index (χ1n) is 10.7. The second-order valence-corrected chi connectivity index (χ2v) is 9.74. The van der Waals surface area contributed by atoms with E-state index in [1.165, 1.54) is 25.0 Å². The molecular weight excluding hydrogens is 352 g/mol. The van der Waals surface area contributed by atoms with Crippen LogP contribution in [0.15, 0.2) is 23.3 Å². The average Bonchev–Trinajstić information content (AvgIpc) is 2.98. The van der Waals surface area contributed by atoms with Gasteiger partial charge in [-0.3, -0.25) is 9.59 Å². The topological polar surface area (TPSA) is 52.6 Å². The lowest BCUT2D eigenvalue weighted by molar-refractivity contribution is -0.279. The van der Waals surface area contributed by atoms with Crippen LogP contribution in [-0.4, -0.2) is 23.6 Å². The summed E-state index contributed by atoms with van der Waals surface area (Å²) in [5.41, 5.74) is 1.90. The largest absolute Gasteiger partial charge is 0.462 e. The summed E-state index contributed by atoms with van der Waals surface area (Å²) >= 11 is 0. The Hall–Kier alpha value is -1.58. The predicted octanol–water partition coefficient (Wildman–Crippen LogP) is 5.22. The van der Waals surface area contributed by atoms with E-state index in [1.807, 2.05) is 0 Å². The summed E-state index contributed by atoms with van der Waals surface area (Å²) in [6, 6.07) is 0. The summed E-state index contributed by atoms with van der Waals surface area (Å²) in [6.45, 7) is 13.9. The Morgan fingerprint density at radius 2 is 1.71 bits per heavy atom. The second-order valence-electron chi connectivity index (χ2n) is 9.74. The van der Waals surface area contributed by atoms with Crippen LogP contribution in [0, 0.1) is 29.1 Å². The zero-order chi connectivity index (χ0) is 20.9. The Labute approximate surface area is 169 Å². The molecule has 3 fully saturated rings. The van der Waals surface area contributed by atoms with Gasteiger partial charge in [0.1, 0.15) is 11.7 Å². The van der Waals surface area contributed by atoms with Crippen molar-refractivity contribution in [1.82, 2.24) is 0 Å². The maximum atomic E-state index is 12.0. The Kier molecular flexibility index (Phi) is 5.55. The zero-order valence-corrected chi connectivity index (χ0v) is 18.5. The molecule has 0 N–H and O–H groups in total. The molecule has 0 aliphatic heterocycles. The molecule has 3 saturated carbocycles. The van der Waals surface area contributed by atoms with E-state index in [-0.39, 0.29) is 23.5 Å². The van der Waals surface area contributed by atoms with E-state index >= 15 is 0 Å². The summed E-state index contributed by atoms with van der Waals surface area (Å²) in [5, 5.41) is 0. The molecule has 3 aliphatic rings. The Bertz CT molecular complexity index is 716. The molecule has 4 nitrogen and oxygen atoms in total. The van der Waals surface area contributed by atoms with Gasteiger partial charge in [0.05, 0.1) is 0 Å². The number of hydrogen-bond acceptors (Lipinski definition) is 4. The fraction of sp³-hybridized carbons (Fsp3) is 0.750. The first-order chi connectivity index (χ1) is 13.0. The van der Waals surface area contributed by atoms with Crippen LogP contribution in [0.2, 0.25) is 0 Å². The van der Waals surface area contributed by atoms with Gasteiger partial charge in [-0.25, -0.2) is 0 Å². The summed E-state index contributed by atoms with van der Waals surface area (Å²) in [6.07, 6.45) is 8.04. The molecule has 0 aromatic carbocycles. The van der Waals surface area contributed by atoms with Gasteiger partial charge >= 0.3 is 11.9 Å². The molecule has 0 bridgehead atoms. The first-order valence-corrected chi connectivity index (χ1v) is 10.7. The van der Waals surface area contributed by atoms with Crippen molar-refractivity contribution in [2.75, 3.05) is 0 Å². The van der Waals surface area contributed by atoms with Crippen molar-refractivity contribution in [3.05, 3.63) is 23.3 Å². The maximum Gasteiger partial charge on any atom is 0.303 e. The minimum Gasteiger partial charge on any atom is -0.462 e. The summed E-state index contributed by atoms with van der Waals surface area (Å²) in [5.74, 6) is 1.15. The second kappa shape index (κ2) is 7.35. The highest BCUT2D eigenvalue weighted by molar-refractivity contribution is 5.68. The summed E-state index contributed by atoms with van der Waals surface area (Å²) in [7, 11) is 0. The number of ether oxygens (including phenoxy) is 2. The third-order valence-corrected chi connectivity index (χ3v) is 7.87. The number of hydrogen-bond donors (Lipinski definition) is 0. The van der Waals surface area contributed by atoms with Crippen LogP contribution in [0.4, 0.5) is 0 Å². The van der Waals surface area contributed by atoms with Crippen LogP contribution < -0.4 is 0 Å². The molecule has 0 spiro atoms. The molecule has 3 rings (SSSR count). The van der Waals surface area contributed by atoms with Gasteiger partial charge in [-0.2, -0.15) is 0 Å². The lowest BCUT2D eigenvalue weighted by atomic mass is 9.43. The normalized spacial score (nSPS) is 41.5. The van der Waals surface area contributed by atoms with Crippen molar-refractivity contribution in [3.8, 4) is 0 Å². The Morgan fingerprint density at radius 3 is 2.29 bits per heavy atom. The van der Waals surface area contributed by atoms with Crippen LogP contribution in [0.25, 0.3) is 0 Å². The fourth-order valence-corrected chi connectivity index (χ4v) is 6.81. The predicted molar refractivity (Wildman–Crippen MR) is 109 cm³/mol. The smallest absolute Gasteiger partial charge is 0.303 e. The Morgan fingerprint density at radius 1 is 1.04 bits per heavy atom. The number of carbonyl (C=O) groups excluding carboxylic acids is 2. The molecule has 0 unspecified atom stereocenters. The molecule has 0 amide bonds. The van der Waals surface area contributed by atoms with E-state index in [0.29, 0.717) is 23.7 Å². The standard InChI is InChI=1S/C24H36O4/c1-14(2)9-8-10-15(3)19-13-20(27-17(5)25)23(7)22(19)21-16(4)11-12-24(21,23)28-18(6)26/h9-10,16,19-22H,8,11-13H2,1-7H3/b15-10-/t16-,19+,20+,21+,22+,23+,24-/m1/s1. The molecule has 0 radical (unpaired) electrons. The van der Waals surface area contributed by atoms with Gasteiger partial charge in [-0.05, 0) is 64.2 Å². The van der Waals surface area contributed by atoms with E-state index in [4.69, 9.17) is 9.47 Å². The number of carbonyl (C=O) groups is 2. The quantitative estimate of drug-likeness (QED) is 0.478. The maximum absolute atomic E-state index is 12.0. The lowest BCUT2D eigenvalue weighted by Crippen LogP contribution is -2.72. The highest BCUT2D eigenvalue weighted by Crippen LogP contribution is 2.77. The summed E-state index contributed by atoms with van der Waals surface area (Å²) < 4.78 is 11.9. The zero-order valence-electron chi connectivity index (χ0n) is 18.5. The molecular formula is C24H36O4. The van der Waals surface area contributed by atoms with Gasteiger partial charge < -0.3 is 9.47 Å². The molecule has 0 aromatic rings. The average molecular weight is 389 g/mol. The minimum absolute atomic E-state index is 0.201. The fourth-order valence-electron chi connectivity index (χ4n) is 6.81. The van der Waals surface area contributed by atoms with Crippen molar-refractivity contribution >= 4 is 11.9 Å². The number of esters is 2. The van der Waals surface area contributed by atoms with Crippen LogP contribution >= 0.6 is 0 Å². The van der Waals surface area contributed by atoms with E-state index in [2.05, 4.69) is 46.8 Å². The van der Waals surface area contributed by atoms with Gasteiger partial charge in [0.2, 0.25) is 0 Å². The van der Waals surface area contributed by atoms with E-state index in [0.717, 1.165) is 25.7 Å². The van der Waals surface area contributed by atoms with Crippen LogP contribution in [0.5, 0.6) is 0 Å². The number of allylic oxidation sites excluding steroid dienone is 4. The molecule has 28 heavy (non-hydrogen) atoms. The summed E-state index contributed by atoms with van der Waals surface area (Å²) in [4.78, 5) is 23.9. The first kappa shape index (κ1) is 21.1. The van der Waals surface area contributed by atoms with Crippen LogP contribution in [0.3, 0.4) is 0 Å². The van der Waals surface area contributed by atoms with Crippen molar-refractivity contribution in [2.24, 2.45) is 29.1 Å². The van der Waals surface area contributed by atoms with Gasteiger partial charge in [-0.1, -0.05) is 37.1 Å². The van der Waals surface area contributed by atoms with Gasteiger partial charge in [0.25, 0.3) is 0 Å². The van der Waals surface area contributed by atoms with Gasteiger partial charge in [0, 0.05) is 25.2 Å². The van der Waals surface area contributed by atoms with E-state index in [1.54, 1.807) is 0 Å². The van der Waals surface area contributed by atoms with Gasteiger partial charge in [0.15, 0.2) is 0 Å². The highest BCUT2D eigenvalue weighted by Gasteiger charge is 2.81.